The third-order valence-electron chi connectivity index (χ3n) is 2.01. The normalized spacial score (nSPS) is 9.33. The van der Waals surface area contributed by atoms with Gasteiger partial charge in [-0.15, -0.1) is 12.3 Å². The van der Waals surface area contributed by atoms with E-state index in [1.165, 1.54) is 0 Å². The van der Waals surface area contributed by atoms with E-state index in [9.17, 15) is 4.79 Å². The average Bonchev–Trinajstić information content (AvgIpc) is 2.29. The second-order valence-corrected chi connectivity index (χ2v) is 3.08. The Morgan fingerprint density at radius 2 is 2.20 bits per heavy atom. The Labute approximate surface area is 90.3 Å². The van der Waals surface area contributed by atoms with Crippen LogP contribution in [0.5, 0.6) is 5.75 Å². The molecule has 0 amide bonds. The van der Waals surface area contributed by atoms with Gasteiger partial charge in [0, 0.05) is 12.8 Å². The van der Waals surface area contributed by atoms with Crippen LogP contribution in [0.3, 0.4) is 0 Å². The van der Waals surface area contributed by atoms with Crippen LogP contribution in [0.15, 0.2) is 24.3 Å². The molecular formula is C13H14O2. The number of hydrogen-bond donors (Lipinski definition) is 0. The van der Waals surface area contributed by atoms with Gasteiger partial charge in [0.25, 0.3) is 0 Å². The van der Waals surface area contributed by atoms with Crippen molar-refractivity contribution < 1.29 is 9.53 Å². The molecule has 0 spiro atoms. The van der Waals surface area contributed by atoms with Crippen molar-refractivity contribution in [2.24, 2.45) is 0 Å². The predicted octanol–water partition coefficient (Wildman–Crippen LogP) is 2.68. The molecule has 0 saturated carbocycles. The van der Waals surface area contributed by atoms with Crippen molar-refractivity contribution in [2.75, 3.05) is 6.61 Å². The van der Waals surface area contributed by atoms with Crippen LogP contribution in [0.1, 0.15) is 30.1 Å². The SMILES string of the molecule is C#CCCOc1ccccc1C(=O)CC. The van der Waals surface area contributed by atoms with Crippen LogP contribution in [-0.2, 0) is 0 Å². The average molecular weight is 202 g/mol. The van der Waals surface area contributed by atoms with E-state index < -0.39 is 0 Å². The lowest BCUT2D eigenvalue weighted by Gasteiger charge is -2.08. The lowest BCUT2D eigenvalue weighted by molar-refractivity contribution is 0.0984. The van der Waals surface area contributed by atoms with Crippen LogP contribution >= 0.6 is 0 Å². The molecule has 1 aromatic rings. The minimum atomic E-state index is 0.0892. The summed E-state index contributed by atoms with van der Waals surface area (Å²) in [6.07, 6.45) is 6.15. The molecule has 0 heterocycles. The number of ether oxygens (including phenoxy) is 1. The Morgan fingerprint density at radius 3 is 2.87 bits per heavy atom. The molecule has 2 heteroatoms. The fourth-order valence-corrected chi connectivity index (χ4v) is 1.23. The minimum Gasteiger partial charge on any atom is -0.492 e. The molecule has 0 aromatic heterocycles. The van der Waals surface area contributed by atoms with E-state index in [2.05, 4.69) is 5.92 Å². The summed E-state index contributed by atoms with van der Waals surface area (Å²) in [6, 6.07) is 7.24. The van der Waals surface area contributed by atoms with E-state index in [0.29, 0.717) is 30.8 Å². The molecule has 0 radical (unpaired) electrons. The van der Waals surface area contributed by atoms with E-state index in [1.807, 2.05) is 19.1 Å². The standard InChI is InChI=1S/C13H14O2/c1-3-5-10-15-13-9-7-6-8-11(13)12(14)4-2/h1,6-9H,4-5,10H2,2H3. The van der Waals surface area contributed by atoms with Gasteiger partial charge < -0.3 is 4.74 Å². The van der Waals surface area contributed by atoms with Crippen molar-refractivity contribution >= 4 is 5.78 Å². The highest BCUT2D eigenvalue weighted by Gasteiger charge is 2.09. The van der Waals surface area contributed by atoms with Crippen LogP contribution < -0.4 is 4.74 Å². The van der Waals surface area contributed by atoms with Crippen LogP contribution in [0.2, 0.25) is 0 Å². The molecule has 0 N–H and O–H groups in total. The zero-order valence-electron chi connectivity index (χ0n) is 8.82. The van der Waals surface area contributed by atoms with Crippen LogP contribution in [0.4, 0.5) is 0 Å². The first-order valence-electron chi connectivity index (χ1n) is 4.98. The minimum absolute atomic E-state index is 0.0892. The van der Waals surface area contributed by atoms with Gasteiger partial charge in [-0.3, -0.25) is 4.79 Å². The molecule has 78 valence electrons. The van der Waals surface area contributed by atoms with E-state index in [1.54, 1.807) is 12.1 Å². The van der Waals surface area contributed by atoms with E-state index in [-0.39, 0.29) is 5.78 Å². The smallest absolute Gasteiger partial charge is 0.166 e. The molecule has 15 heavy (non-hydrogen) atoms. The summed E-state index contributed by atoms with van der Waals surface area (Å²) in [5, 5.41) is 0. The number of hydrogen-bond acceptors (Lipinski definition) is 2. The highest BCUT2D eigenvalue weighted by atomic mass is 16.5. The van der Waals surface area contributed by atoms with Gasteiger partial charge in [-0.2, -0.15) is 0 Å². The molecule has 0 aliphatic heterocycles. The molecule has 0 unspecified atom stereocenters. The predicted molar refractivity (Wildman–Crippen MR) is 60.0 cm³/mol. The summed E-state index contributed by atoms with van der Waals surface area (Å²) >= 11 is 0. The summed E-state index contributed by atoms with van der Waals surface area (Å²) < 4.78 is 5.44. The lowest BCUT2D eigenvalue weighted by atomic mass is 10.1. The van der Waals surface area contributed by atoms with Gasteiger partial charge in [-0.05, 0) is 12.1 Å². The number of carbonyl (C=O) groups excluding carboxylic acids is 1. The maximum atomic E-state index is 11.5. The zero-order valence-corrected chi connectivity index (χ0v) is 8.82. The second kappa shape index (κ2) is 5.87. The molecule has 0 aliphatic carbocycles. The van der Waals surface area contributed by atoms with Crippen LogP contribution in [0, 0.1) is 12.3 Å². The summed E-state index contributed by atoms with van der Waals surface area (Å²) in [5.74, 6) is 3.20. The Balaban J connectivity index is 2.78. The molecular weight excluding hydrogens is 188 g/mol. The fraction of sp³-hybridized carbons (Fsp3) is 0.308. The van der Waals surface area contributed by atoms with Crippen molar-refractivity contribution in [3.63, 3.8) is 0 Å². The summed E-state index contributed by atoms with van der Waals surface area (Å²) in [6.45, 7) is 2.28. The summed E-state index contributed by atoms with van der Waals surface area (Å²) in [4.78, 5) is 11.5. The number of benzene rings is 1. The maximum Gasteiger partial charge on any atom is 0.166 e. The monoisotopic (exact) mass is 202 g/mol. The maximum absolute atomic E-state index is 11.5. The molecule has 1 rings (SSSR count). The van der Waals surface area contributed by atoms with Crippen LogP contribution in [0.25, 0.3) is 0 Å². The quantitative estimate of drug-likeness (QED) is 0.417. The second-order valence-electron chi connectivity index (χ2n) is 3.08. The lowest BCUT2D eigenvalue weighted by Crippen LogP contribution is -2.03. The first kappa shape index (κ1) is 11.3. The van der Waals surface area contributed by atoms with Gasteiger partial charge in [-0.25, -0.2) is 0 Å². The number of terminal acetylenes is 1. The van der Waals surface area contributed by atoms with Gasteiger partial charge in [-0.1, -0.05) is 19.1 Å². The van der Waals surface area contributed by atoms with E-state index in [4.69, 9.17) is 11.2 Å². The van der Waals surface area contributed by atoms with E-state index >= 15 is 0 Å². The molecule has 0 fully saturated rings. The third-order valence-corrected chi connectivity index (χ3v) is 2.01. The highest BCUT2D eigenvalue weighted by molar-refractivity contribution is 5.98. The first-order valence-corrected chi connectivity index (χ1v) is 4.98. The summed E-state index contributed by atoms with van der Waals surface area (Å²) in [5.41, 5.74) is 0.636. The number of Topliss-reactive ketones (excluding diaryl/α,β-unsaturated/α-hetero) is 1. The molecule has 0 aliphatic rings. The Hall–Kier alpha value is -1.75. The molecule has 0 bridgehead atoms. The fourth-order valence-electron chi connectivity index (χ4n) is 1.23. The van der Waals surface area contributed by atoms with Crippen molar-refractivity contribution in [3.05, 3.63) is 29.8 Å². The number of ketones is 1. The zero-order chi connectivity index (χ0) is 11.1. The number of rotatable bonds is 5. The van der Waals surface area contributed by atoms with Crippen LogP contribution in [-0.4, -0.2) is 12.4 Å². The first-order chi connectivity index (χ1) is 7.29. The molecule has 0 saturated heterocycles. The molecule has 1 aromatic carbocycles. The Bertz CT molecular complexity index is 374. The molecule has 0 atom stereocenters. The van der Waals surface area contributed by atoms with Gasteiger partial charge in [0.15, 0.2) is 5.78 Å². The largest absolute Gasteiger partial charge is 0.492 e. The number of carbonyl (C=O) groups is 1. The van der Waals surface area contributed by atoms with Gasteiger partial charge in [0.05, 0.1) is 12.2 Å². The topological polar surface area (TPSA) is 26.3 Å². The Kier molecular flexibility index (Phi) is 4.43. The van der Waals surface area contributed by atoms with E-state index in [0.717, 1.165) is 0 Å². The third kappa shape index (κ3) is 3.14. The van der Waals surface area contributed by atoms with Gasteiger partial charge in [0.1, 0.15) is 5.75 Å². The Morgan fingerprint density at radius 1 is 1.47 bits per heavy atom. The summed E-state index contributed by atoms with van der Waals surface area (Å²) in [7, 11) is 0. The van der Waals surface area contributed by atoms with Crippen molar-refractivity contribution in [1.29, 1.82) is 0 Å². The molecule has 2 nitrogen and oxygen atoms in total. The van der Waals surface area contributed by atoms with Gasteiger partial charge in [0.2, 0.25) is 0 Å². The number of para-hydroxylation sites is 1. The van der Waals surface area contributed by atoms with Gasteiger partial charge >= 0.3 is 0 Å². The van der Waals surface area contributed by atoms with Crippen molar-refractivity contribution in [1.82, 2.24) is 0 Å². The van der Waals surface area contributed by atoms with Crippen molar-refractivity contribution in [3.8, 4) is 18.1 Å². The highest BCUT2D eigenvalue weighted by Crippen LogP contribution is 2.19. The van der Waals surface area contributed by atoms with Crippen molar-refractivity contribution in [2.45, 2.75) is 19.8 Å².